The number of carbonyl (C=O) groups is 1. The monoisotopic (exact) mass is 397 g/mol. The molecule has 0 aliphatic heterocycles. The summed E-state index contributed by atoms with van der Waals surface area (Å²) < 4.78 is 79.4. The van der Waals surface area contributed by atoms with Gasteiger partial charge in [0.1, 0.15) is 12.4 Å². The van der Waals surface area contributed by atoms with Gasteiger partial charge in [0.05, 0.1) is 23.2 Å². The van der Waals surface area contributed by atoms with Crippen LogP contribution in [-0.2, 0) is 18.9 Å². The van der Waals surface area contributed by atoms with Gasteiger partial charge in [-0.25, -0.2) is 0 Å². The van der Waals surface area contributed by atoms with Crippen molar-refractivity contribution in [1.29, 1.82) is 5.26 Å². The Morgan fingerprint density at radius 1 is 1.04 bits per heavy atom. The van der Waals surface area contributed by atoms with Crippen LogP contribution in [0, 0.1) is 11.3 Å². The van der Waals surface area contributed by atoms with Crippen LogP contribution in [0.3, 0.4) is 0 Å². The van der Waals surface area contributed by atoms with Crippen molar-refractivity contribution in [3.63, 3.8) is 0 Å². The van der Waals surface area contributed by atoms with E-state index in [0.29, 0.717) is 12.4 Å². The van der Waals surface area contributed by atoms with Crippen molar-refractivity contribution in [2.24, 2.45) is 0 Å². The SMILES string of the molecule is N#Cc1nn(Cc2ccc(C(F)(F)F)cc2C(F)(F)F)c2ccc(C=O)cc12. The Morgan fingerprint density at radius 3 is 2.32 bits per heavy atom. The summed E-state index contributed by atoms with van der Waals surface area (Å²) in [4.78, 5) is 10.9. The number of aromatic nitrogens is 2. The van der Waals surface area contributed by atoms with Gasteiger partial charge in [-0.1, -0.05) is 6.07 Å². The normalized spacial score (nSPS) is 12.2. The van der Waals surface area contributed by atoms with Gasteiger partial charge in [0, 0.05) is 10.9 Å². The fourth-order valence-electron chi connectivity index (χ4n) is 2.79. The highest BCUT2D eigenvalue weighted by Crippen LogP contribution is 2.37. The molecule has 1 heterocycles. The first kappa shape index (κ1) is 19.4. The fraction of sp³-hybridized carbons (Fsp3) is 0.167. The van der Waals surface area contributed by atoms with Crippen LogP contribution in [-0.4, -0.2) is 16.1 Å². The second-order valence-corrected chi connectivity index (χ2v) is 5.88. The van der Waals surface area contributed by atoms with Crippen LogP contribution >= 0.6 is 0 Å². The van der Waals surface area contributed by atoms with Crippen molar-refractivity contribution in [3.05, 3.63) is 64.3 Å². The Morgan fingerprint density at radius 2 is 1.75 bits per heavy atom. The highest BCUT2D eigenvalue weighted by Gasteiger charge is 2.38. The number of rotatable bonds is 3. The molecule has 0 aliphatic rings. The first-order chi connectivity index (χ1) is 13.0. The largest absolute Gasteiger partial charge is 0.416 e. The first-order valence-electron chi connectivity index (χ1n) is 7.67. The lowest BCUT2D eigenvalue weighted by Gasteiger charge is -2.16. The topological polar surface area (TPSA) is 58.7 Å². The highest BCUT2D eigenvalue weighted by atomic mass is 19.4. The van der Waals surface area contributed by atoms with E-state index >= 15 is 0 Å². The van der Waals surface area contributed by atoms with Gasteiger partial charge >= 0.3 is 12.4 Å². The van der Waals surface area contributed by atoms with Crippen molar-refractivity contribution >= 4 is 17.2 Å². The zero-order valence-electron chi connectivity index (χ0n) is 13.8. The average molecular weight is 397 g/mol. The van der Waals surface area contributed by atoms with Gasteiger partial charge in [-0.2, -0.15) is 36.7 Å². The summed E-state index contributed by atoms with van der Waals surface area (Å²) in [6.07, 6.45) is -9.39. The van der Waals surface area contributed by atoms with Crippen molar-refractivity contribution in [2.45, 2.75) is 18.9 Å². The maximum Gasteiger partial charge on any atom is 0.416 e. The molecule has 0 bridgehead atoms. The van der Waals surface area contributed by atoms with Gasteiger partial charge < -0.3 is 0 Å². The van der Waals surface area contributed by atoms with E-state index in [1.807, 2.05) is 0 Å². The average Bonchev–Trinajstić information content (AvgIpc) is 2.97. The summed E-state index contributed by atoms with van der Waals surface area (Å²) in [5.41, 5.74) is -2.88. The zero-order valence-corrected chi connectivity index (χ0v) is 13.8. The van der Waals surface area contributed by atoms with Crippen LogP contribution in [0.15, 0.2) is 36.4 Å². The molecule has 1 aromatic heterocycles. The summed E-state index contributed by atoms with van der Waals surface area (Å²) in [6.45, 7) is -0.508. The molecule has 0 radical (unpaired) electrons. The van der Waals surface area contributed by atoms with Crippen molar-refractivity contribution < 1.29 is 31.1 Å². The smallest absolute Gasteiger partial charge is 0.298 e. The number of halogens is 6. The number of hydrogen-bond acceptors (Lipinski definition) is 3. The lowest BCUT2D eigenvalue weighted by atomic mass is 10.0. The molecular formula is C18H9F6N3O. The summed E-state index contributed by atoms with van der Waals surface area (Å²) in [5.74, 6) is 0. The molecule has 0 saturated heterocycles. The van der Waals surface area contributed by atoms with Crippen LogP contribution in [0.2, 0.25) is 0 Å². The van der Waals surface area contributed by atoms with Gasteiger partial charge in [0.15, 0.2) is 5.69 Å². The van der Waals surface area contributed by atoms with E-state index in [0.717, 1.165) is 10.7 Å². The Hall–Kier alpha value is -3.35. The molecule has 0 atom stereocenters. The maximum absolute atomic E-state index is 13.3. The lowest BCUT2D eigenvalue weighted by molar-refractivity contribution is -0.143. The number of fused-ring (bicyclic) bond motifs is 1. The second kappa shape index (κ2) is 6.67. The standard InChI is InChI=1S/C18H9F6N3O/c19-17(20,21)12-3-2-11(14(6-12)18(22,23)24)8-27-16-4-1-10(9-28)5-13(16)15(7-25)26-27/h1-6,9H,8H2. The molecule has 10 heteroatoms. The van der Waals surface area contributed by atoms with E-state index in [1.165, 1.54) is 18.2 Å². The van der Waals surface area contributed by atoms with Crippen LogP contribution < -0.4 is 0 Å². The van der Waals surface area contributed by atoms with Crippen molar-refractivity contribution in [1.82, 2.24) is 9.78 Å². The molecule has 4 nitrogen and oxygen atoms in total. The molecule has 3 aromatic rings. The maximum atomic E-state index is 13.3. The summed E-state index contributed by atoms with van der Waals surface area (Å²) in [5, 5.41) is 13.3. The quantitative estimate of drug-likeness (QED) is 0.471. The highest BCUT2D eigenvalue weighted by molar-refractivity contribution is 5.90. The third kappa shape index (κ3) is 3.55. The summed E-state index contributed by atoms with van der Waals surface area (Å²) in [6, 6.07) is 7.30. The van der Waals surface area contributed by atoms with Crippen molar-refractivity contribution in [3.8, 4) is 6.07 Å². The molecule has 0 spiro atoms. The van der Waals surface area contributed by atoms with E-state index in [9.17, 15) is 31.1 Å². The fourth-order valence-corrected chi connectivity index (χ4v) is 2.79. The molecule has 0 saturated carbocycles. The molecule has 2 aromatic carbocycles. The first-order valence-corrected chi connectivity index (χ1v) is 7.67. The lowest BCUT2D eigenvalue weighted by Crippen LogP contribution is -2.15. The Labute approximate surface area is 153 Å². The van der Waals surface area contributed by atoms with E-state index in [2.05, 4.69) is 5.10 Å². The number of nitrogens with zero attached hydrogens (tertiary/aromatic N) is 3. The van der Waals surface area contributed by atoms with Crippen molar-refractivity contribution in [2.75, 3.05) is 0 Å². The van der Waals surface area contributed by atoms with E-state index in [1.54, 1.807) is 6.07 Å². The zero-order chi connectivity index (χ0) is 20.7. The third-order valence-electron chi connectivity index (χ3n) is 4.08. The summed E-state index contributed by atoms with van der Waals surface area (Å²) in [7, 11) is 0. The van der Waals surface area contributed by atoms with E-state index in [-0.39, 0.29) is 28.2 Å². The molecule has 0 N–H and O–H groups in total. The Kier molecular flexibility index (Phi) is 4.62. The van der Waals surface area contributed by atoms with Crippen LogP contribution in [0.4, 0.5) is 26.3 Å². The molecule has 28 heavy (non-hydrogen) atoms. The van der Waals surface area contributed by atoms with Gasteiger partial charge in [0.2, 0.25) is 0 Å². The second-order valence-electron chi connectivity index (χ2n) is 5.88. The van der Waals surface area contributed by atoms with Gasteiger partial charge in [0.25, 0.3) is 0 Å². The molecule has 0 amide bonds. The summed E-state index contributed by atoms with van der Waals surface area (Å²) >= 11 is 0. The van der Waals surface area contributed by atoms with Crippen LogP contribution in [0.25, 0.3) is 10.9 Å². The molecule has 0 unspecified atom stereocenters. The van der Waals surface area contributed by atoms with Crippen LogP contribution in [0.1, 0.15) is 32.7 Å². The van der Waals surface area contributed by atoms with Gasteiger partial charge in [-0.15, -0.1) is 0 Å². The Bertz CT molecular complexity index is 1110. The minimum Gasteiger partial charge on any atom is -0.298 e. The molecule has 0 aliphatic carbocycles. The number of aldehydes is 1. The van der Waals surface area contributed by atoms with E-state index < -0.39 is 35.6 Å². The molecule has 3 rings (SSSR count). The third-order valence-corrected chi connectivity index (χ3v) is 4.08. The molecule has 0 fully saturated rings. The van der Waals surface area contributed by atoms with Gasteiger partial charge in [-0.3, -0.25) is 9.48 Å². The minimum absolute atomic E-state index is 0.0523. The number of nitriles is 1. The number of benzene rings is 2. The van der Waals surface area contributed by atoms with Crippen LogP contribution in [0.5, 0.6) is 0 Å². The Balaban J connectivity index is 2.14. The number of carbonyl (C=O) groups excluding carboxylic acids is 1. The number of alkyl halides is 6. The van der Waals surface area contributed by atoms with E-state index in [4.69, 9.17) is 5.26 Å². The molecule has 144 valence electrons. The predicted molar refractivity (Wildman–Crippen MR) is 85.4 cm³/mol. The molecular weight excluding hydrogens is 388 g/mol. The predicted octanol–water partition coefficient (Wildman–Crippen LogP) is 4.81. The number of hydrogen-bond donors (Lipinski definition) is 0. The van der Waals surface area contributed by atoms with Gasteiger partial charge in [-0.05, 0) is 35.9 Å². The minimum atomic E-state index is -5.01.